The molecule has 0 bridgehead atoms. The van der Waals surface area contributed by atoms with Gasteiger partial charge in [-0.25, -0.2) is 8.78 Å². The van der Waals surface area contributed by atoms with Gasteiger partial charge in [-0.2, -0.15) is 0 Å². The Balaban J connectivity index is 1.99. The van der Waals surface area contributed by atoms with Crippen LogP contribution in [0.5, 0.6) is 0 Å². The Labute approximate surface area is 135 Å². The number of nitrogens with zero attached hydrogens (tertiary/aromatic N) is 2. The summed E-state index contributed by atoms with van der Waals surface area (Å²) in [5.41, 5.74) is 2.14. The average Bonchev–Trinajstić information content (AvgIpc) is 2.87. The molecule has 0 atom stereocenters. The van der Waals surface area contributed by atoms with E-state index in [0.29, 0.717) is 0 Å². The molecule has 0 spiro atoms. The fourth-order valence-corrected chi connectivity index (χ4v) is 3.59. The number of halogens is 3. The van der Waals surface area contributed by atoms with E-state index in [9.17, 15) is 8.78 Å². The quantitative estimate of drug-likeness (QED) is 0.534. The summed E-state index contributed by atoms with van der Waals surface area (Å²) in [7, 11) is 0. The van der Waals surface area contributed by atoms with Crippen molar-refractivity contribution in [2.75, 3.05) is 20.5 Å². The van der Waals surface area contributed by atoms with Crippen LogP contribution < -0.4 is 8.61 Å². The second-order valence-corrected chi connectivity index (χ2v) is 6.34. The molecule has 0 aliphatic carbocycles. The minimum Gasteiger partial charge on any atom is -0.296 e. The Morgan fingerprint density at radius 1 is 0.952 bits per heavy atom. The molecule has 2 nitrogen and oxygen atoms in total. The number of hydrogen-bond donors (Lipinski definition) is 0. The van der Waals surface area contributed by atoms with Gasteiger partial charge >= 0.3 is 0 Å². The summed E-state index contributed by atoms with van der Waals surface area (Å²) in [5, 5.41) is 0.903. The monoisotopic (exact) mass is 370 g/mol. The van der Waals surface area contributed by atoms with E-state index in [1.54, 1.807) is 10.4 Å². The van der Waals surface area contributed by atoms with E-state index in [-0.39, 0.29) is 5.69 Å². The fraction of sp³-hybridized carbons (Fsp3) is 0.200. The molecular weight excluding hydrogens is 358 g/mol. The first kappa shape index (κ1) is 14.7. The summed E-state index contributed by atoms with van der Waals surface area (Å²) in [6.07, 6.45) is 0.973. The van der Waals surface area contributed by atoms with Gasteiger partial charge in [0.1, 0.15) is 0 Å². The van der Waals surface area contributed by atoms with Gasteiger partial charge in [-0.1, -0.05) is 34.1 Å². The van der Waals surface area contributed by atoms with Gasteiger partial charge in [0.15, 0.2) is 11.6 Å². The molecule has 0 N–H and O–H groups in total. The van der Waals surface area contributed by atoms with Gasteiger partial charge in [0.25, 0.3) is 0 Å². The predicted molar refractivity (Wildman–Crippen MR) is 88.3 cm³/mol. The van der Waals surface area contributed by atoms with E-state index in [1.165, 1.54) is 18.2 Å². The number of hydrogen-bond acceptors (Lipinski definition) is 3. The minimum atomic E-state index is -0.829. The highest BCUT2D eigenvalue weighted by atomic mass is 79.9. The van der Waals surface area contributed by atoms with Crippen molar-refractivity contribution in [1.82, 2.24) is 0 Å². The van der Waals surface area contributed by atoms with Crippen molar-refractivity contribution < 1.29 is 8.78 Å². The van der Waals surface area contributed by atoms with E-state index in [2.05, 4.69) is 20.2 Å². The Morgan fingerprint density at radius 2 is 1.67 bits per heavy atom. The van der Waals surface area contributed by atoms with Gasteiger partial charge in [0.2, 0.25) is 0 Å². The minimum absolute atomic E-state index is 0.244. The van der Waals surface area contributed by atoms with Crippen LogP contribution in [0, 0.1) is 11.6 Å². The largest absolute Gasteiger partial charge is 0.296 e. The zero-order valence-electron chi connectivity index (χ0n) is 11.1. The van der Waals surface area contributed by atoms with Crippen LogP contribution in [0.25, 0.3) is 0 Å². The van der Waals surface area contributed by atoms with Crippen molar-refractivity contribution in [2.45, 2.75) is 6.42 Å². The van der Waals surface area contributed by atoms with Crippen molar-refractivity contribution in [1.29, 1.82) is 0 Å². The van der Waals surface area contributed by atoms with Gasteiger partial charge in [-0.3, -0.25) is 8.61 Å². The molecular formula is C15H13BrF2N2S. The van der Waals surface area contributed by atoms with E-state index < -0.39 is 11.6 Å². The van der Waals surface area contributed by atoms with Crippen LogP contribution in [0.15, 0.2) is 42.5 Å². The van der Waals surface area contributed by atoms with E-state index in [1.807, 2.05) is 24.3 Å². The van der Waals surface area contributed by atoms with E-state index in [4.69, 9.17) is 0 Å². The second-order valence-electron chi connectivity index (χ2n) is 4.58. The highest BCUT2D eigenvalue weighted by molar-refractivity contribution is 9.09. The zero-order valence-corrected chi connectivity index (χ0v) is 13.5. The molecule has 2 aromatic rings. The number of anilines is 3. The van der Waals surface area contributed by atoms with Gasteiger partial charge in [-0.15, -0.1) is 0 Å². The summed E-state index contributed by atoms with van der Waals surface area (Å²) in [5.74, 6) is -1.65. The lowest BCUT2D eigenvalue weighted by atomic mass is 10.2. The van der Waals surface area contributed by atoms with Crippen LogP contribution in [0.4, 0.5) is 25.8 Å². The summed E-state index contributed by atoms with van der Waals surface area (Å²) in [4.78, 5) is 0. The lowest BCUT2D eigenvalue weighted by Gasteiger charge is -2.19. The third-order valence-electron chi connectivity index (χ3n) is 3.19. The maximum absolute atomic E-state index is 14.1. The van der Waals surface area contributed by atoms with Crippen molar-refractivity contribution in [3.63, 3.8) is 0 Å². The fourth-order valence-electron chi connectivity index (χ4n) is 2.22. The number of alkyl halides is 1. The van der Waals surface area contributed by atoms with Crippen molar-refractivity contribution in [3.05, 3.63) is 54.1 Å². The Bertz CT molecular complexity index is 653. The second kappa shape index (κ2) is 6.23. The van der Waals surface area contributed by atoms with Crippen molar-refractivity contribution >= 4 is 45.1 Å². The summed E-state index contributed by atoms with van der Waals surface area (Å²) < 4.78 is 31.4. The van der Waals surface area contributed by atoms with Crippen LogP contribution in [0.2, 0.25) is 0 Å². The van der Waals surface area contributed by atoms with E-state index >= 15 is 0 Å². The molecule has 0 saturated heterocycles. The first-order valence-electron chi connectivity index (χ1n) is 6.57. The molecule has 0 amide bonds. The first-order chi connectivity index (χ1) is 10.2. The molecule has 21 heavy (non-hydrogen) atoms. The normalized spacial score (nSPS) is 13.7. The Morgan fingerprint density at radius 3 is 2.43 bits per heavy atom. The van der Waals surface area contributed by atoms with Crippen molar-refractivity contribution in [2.24, 2.45) is 0 Å². The molecule has 6 heteroatoms. The number of rotatable bonds is 4. The lowest BCUT2D eigenvalue weighted by molar-refractivity contribution is 0.511. The summed E-state index contributed by atoms with van der Waals surface area (Å²) >= 11 is 4.81. The lowest BCUT2D eigenvalue weighted by Crippen LogP contribution is -2.15. The first-order valence-corrected chi connectivity index (χ1v) is 8.42. The molecule has 0 saturated carbocycles. The highest BCUT2D eigenvalue weighted by Crippen LogP contribution is 2.49. The smallest absolute Gasteiger partial charge is 0.183 e. The highest BCUT2D eigenvalue weighted by Gasteiger charge is 2.30. The van der Waals surface area contributed by atoms with Gasteiger partial charge < -0.3 is 0 Å². The Kier molecular flexibility index (Phi) is 4.35. The molecule has 2 aromatic carbocycles. The van der Waals surface area contributed by atoms with Crippen LogP contribution in [0.1, 0.15) is 6.42 Å². The molecule has 110 valence electrons. The van der Waals surface area contributed by atoms with Gasteiger partial charge in [-0.05, 0) is 30.7 Å². The van der Waals surface area contributed by atoms with Crippen LogP contribution in [-0.2, 0) is 0 Å². The maximum Gasteiger partial charge on any atom is 0.183 e. The topological polar surface area (TPSA) is 6.48 Å². The molecule has 0 fully saturated rings. The summed E-state index contributed by atoms with van der Waals surface area (Å²) in [6.45, 7) is 0.834. The maximum atomic E-state index is 14.1. The standard InChI is InChI=1S/C15H13BrF2N2S/c16-9-4-10-19-12-6-1-2-7-13(12)20(21-19)14-8-3-5-11(17)15(14)18/h1-3,5-8H,4,9-10H2. The van der Waals surface area contributed by atoms with Crippen molar-refractivity contribution in [3.8, 4) is 0 Å². The van der Waals surface area contributed by atoms with E-state index in [0.717, 1.165) is 35.7 Å². The molecule has 0 aromatic heterocycles. The van der Waals surface area contributed by atoms with Crippen LogP contribution in [-0.4, -0.2) is 11.9 Å². The van der Waals surface area contributed by atoms with Gasteiger partial charge in [0.05, 0.1) is 29.2 Å². The molecule has 3 rings (SSSR count). The number of para-hydroxylation sites is 2. The molecule has 1 aliphatic rings. The number of benzene rings is 2. The molecule has 1 aliphatic heterocycles. The molecule has 0 radical (unpaired) electrons. The molecule has 0 unspecified atom stereocenters. The Hall–Kier alpha value is -1.27. The summed E-state index contributed by atoms with van der Waals surface area (Å²) in [6, 6.07) is 12.0. The third-order valence-corrected chi connectivity index (χ3v) is 4.89. The number of fused-ring (bicyclic) bond motifs is 1. The zero-order chi connectivity index (χ0) is 14.8. The van der Waals surface area contributed by atoms with Gasteiger partial charge in [0, 0.05) is 11.9 Å². The van der Waals surface area contributed by atoms with Crippen LogP contribution in [0.3, 0.4) is 0 Å². The SMILES string of the molecule is Fc1cccc(N2SN(CCCBr)c3ccccc32)c1F. The average molecular weight is 371 g/mol. The molecule has 1 heterocycles. The third kappa shape index (κ3) is 2.74. The predicted octanol–water partition coefficient (Wildman–Crippen LogP) is 5.27. The van der Waals surface area contributed by atoms with Crippen LogP contribution >= 0.6 is 28.1 Å².